The predicted octanol–water partition coefficient (Wildman–Crippen LogP) is 0.369. The molecule has 0 bridgehead atoms. The minimum Gasteiger partial charge on any atom is -0.332 e. The normalized spacial score (nSPS) is 24.6. The second-order valence-corrected chi connectivity index (χ2v) is 3.10. The Bertz CT molecular complexity index is 204. The van der Waals surface area contributed by atoms with Crippen molar-refractivity contribution in [2.45, 2.75) is 19.1 Å². The van der Waals surface area contributed by atoms with Crippen molar-refractivity contribution < 1.29 is 18.0 Å². The fourth-order valence-electron chi connectivity index (χ4n) is 1.30. The zero-order chi connectivity index (χ0) is 10.1. The molecule has 3 nitrogen and oxygen atoms in total. The Balaban J connectivity index is 2.56. The Morgan fingerprint density at radius 3 is 2.62 bits per heavy atom. The van der Waals surface area contributed by atoms with Gasteiger partial charge in [0.25, 0.3) is 0 Å². The Kier molecular flexibility index (Phi) is 2.80. The van der Waals surface area contributed by atoms with Crippen molar-refractivity contribution in [2.75, 3.05) is 19.6 Å². The van der Waals surface area contributed by atoms with Gasteiger partial charge in [0.05, 0.1) is 0 Å². The highest BCUT2D eigenvalue weighted by Crippen LogP contribution is 2.19. The number of amides is 1. The number of hydrogen-bond acceptors (Lipinski definition) is 2. The molecule has 0 radical (unpaired) electrons. The minimum absolute atomic E-state index is 0.0694. The van der Waals surface area contributed by atoms with Gasteiger partial charge in [0, 0.05) is 25.7 Å². The molecule has 13 heavy (non-hydrogen) atoms. The van der Waals surface area contributed by atoms with Gasteiger partial charge in [-0.05, 0) is 6.92 Å². The lowest BCUT2D eigenvalue weighted by molar-refractivity contribution is -0.186. The third-order valence-corrected chi connectivity index (χ3v) is 1.90. The van der Waals surface area contributed by atoms with E-state index in [0.717, 1.165) is 4.90 Å². The number of alkyl halides is 3. The molecule has 0 saturated carbocycles. The fraction of sp³-hybridized carbons (Fsp3) is 0.857. The molecule has 0 aromatic rings. The Morgan fingerprint density at radius 2 is 2.15 bits per heavy atom. The molecule has 0 aliphatic carbocycles. The monoisotopic (exact) mass is 196 g/mol. The van der Waals surface area contributed by atoms with Gasteiger partial charge in [-0.15, -0.1) is 0 Å². The lowest BCUT2D eigenvalue weighted by atomic mass is 10.2. The molecule has 0 aromatic carbocycles. The number of halogens is 3. The van der Waals surface area contributed by atoms with Crippen LogP contribution in [0.3, 0.4) is 0 Å². The van der Waals surface area contributed by atoms with Crippen molar-refractivity contribution in [3.63, 3.8) is 0 Å². The van der Waals surface area contributed by atoms with Crippen LogP contribution in [0.1, 0.15) is 6.92 Å². The van der Waals surface area contributed by atoms with Crippen LogP contribution in [0.2, 0.25) is 0 Å². The second-order valence-electron chi connectivity index (χ2n) is 3.10. The van der Waals surface area contributed by atoms with Gasteiger partial charge < -0.3 is 10.2 Å². The van der Waals surface area contributed by atoms with E-state index in [1.807, 2.05) is 0 Å². The third-order valence-electron chi connectivity index (χ3n) is 1.90. The Hall–Kier alpha value is -0.780. The lowest BCUT2D eigenvalue weighted by Gasteiger charge is -2.32. The molecule has 1 N–H and O–H groups in total. The molecular weight excluding hydrogens is 185 g/mol. The molecule has 0 spiro atoms. The van der Waals surface area contributed by atoms with Crippen LogP contribution in [-0.2, 0) is 4.79 Å². The van der Waals surface area contributed by atoms with Crippen molar-refractivity contribution in [1.82, 2.24) is 10.2 Å². The molecule has 76 valence electrons. The van der Waals surface area contributed by atoms with Crippen molar-refractivity contribution in [3.8, 4) is 0 Å². The van der Waals surface area contributed by atoms with Crippen molar-refractivity contribution in [1.29, 1.82) is 0 Å². The highest BCUT2D eigenvalue weighted by molar-refractivity contribution is 5.82. The van der Waals surface area contributed by atoms with Crippen LogP contribution in [0, 0.1) is 0 Å². The molecule has 1 rings (SSSR count). The van der Waals surface area contributed by atoms with E-state index < -0.39 is 12.1 Å². The molecule has 6 heteroatoms. The number of nitrogens with one attached hydrogen (secondary N) is 1. The third kappa shape index (κ3) is 2.58. The van der Waals surface area contributed by atoms with Gasteiger partial charge in [-0.25, -0.2) is 0 Å². The van der Waals surface area contributed by atoms with E-state index in [0.29, 0.717) is 6.54 Å². The number of nitrogens with zero attached hydrogens (tertiary/aromatic N) is 1. The largest absolute Gasteiger partial charge is 0.471 e. The average molecular weight is 196 g/mol. The first-order valence-corrected chi connectivity index (χ1v) is 4.00. The number of carbonyl (C=O) groups excluding carboxylic acids is 1. The zero-order valence-corrected chi connectivity index (χ0v) is 7.19. The minimum atomic E-state index is -4.74. The second kappa shape index (κ2) is 3.53. The number of piperazine rings is 1. The van der Waals surface area contributed by atoms with Crippen LogP contribution in [0.5, 0.6) is 0 Å². The smallest absolute Gasteiger partial charge is 0.332 e. The zero-order valence-electron chi connectivity index (χ0n) is 7.19. The van der Waals surface area contributed by atoms with Gasteiger partial charge in [-0.1, -0.05) is 0 Å². The predicted molar refractivity (Wildman–Crippen MR) is 40.1 cm³/mol. The van der Waals surface area contributed by atoms with E-state index in [1.54, 1.807) is 6.92 Å². The Morgan fingerprint density at radius 1 is 1.54 bits per heavy atom. The first-order chi connectivity index (χ1) is 5.91. The molecule has 1 atom stereocenters. The summed E-state index contributed by atoms with van der Waals surface area (Å²) in [4.78, 5) is 11.6. The molecule has 1 heterocycles. The van der Waals surface area contributed by atoms with Crippen LogP contribution >= 0.6 is 0 Å². The van der Waals surface area contributed by atoms with E-state index >= 15 is 0 Å². The van der Waals surface area contributed by atoms with E-state index in [2.05, 4.69) is 5.32 Å². The van der Waals surface area contributed by atoms with Gasteiger partial charge in [0.2, 0.25) is 0 Å². The summed E-state index contributed by atoms with van der Waals surface area (Å²) in [5, 5.41) is 2.96. The first-order valence-electron chi connectivity index (χ1n) is 4.00. The van der Waals surface area contributed by atoms with E-state index in [-0.39, 0.29) is 19.1 Å². The summed E-state index contributed by atoms with van der Waals surface area (Å²) in [7, 11) is 0. The summed E-state index contributed by atoms with van der Waals surface area (Å²) in [6.07, 6.45) is -4.74. The highest BCUT2D eigenvalue weighted by Gasteiger charge is 2.43. The summed E-state index contributed by atoms with van der Waals surface area (Å²) >= 11 is 0. The van der Waals surface area contributed by atoms with Crippen LogP contribution in [0.25, 0.3) is 0 Å². The Labute approximate surface area is 73.9 Å². The summed E-state index contributed by atoms with van der Waals surface area (Å²) in [6, 6.07) is -0.0694. The van der Waals surface area contributed by atoms with Crippen molar-refractivity contribution in [3.05, 3.63) is 0 Å². The molecule has 1 aliphatic rings. The number of carbonyl (C=O) groups is 1. The first kappa shape index (κ1) is 10.3. The van der Waals surface area contributed by atoms with Gasteiger partial charge in [0.15, 0.2) is 0 Å². The molecule has 0 aromatic heterocycles. The van der Waals surface area contributed by atoms with Crippen LogP contribution in [0.15, 0.2) is 0 Å². The summed E-state index contributed by atoms with van der Waals surface area (Å²) in [6.45, 7) is 2.42. The summed E-state index contributed by atoms with van der Waals surface area (Å²) in [5.41, 5.74) is 0. The van der Waals surface area contributed by atoms with Gasteiger partial charge in [-0.3, -0.25) is 4.79 Å². The summed E-state index contributed by atoms with van der Waals surface area (Å²) in [5.74, 6) is -1.74. The number of rotatable bonds is 0. The highest BCUT2D eigenvalue weighted by atomic mass is 19.4. The van der Waals surface area contributed by atoms with Gasteiger partial charge >= 0.3 is 12.1 Å². The van der Waals surface area contributed by atoms with Crippen molar-refractivity contribution >= 4 is 5.91 Å². The number of hydrogen-bond donors (Lipinski definition) is 1. The van der Waals surface area contributed by atoms with Crippen LogP contribution in [-0.4, -0.2) is 42.7 Å². The summed E-state index contributed by atoms with van der Waals surface area (Å²) < 4.78 is 35.8. The van der Waals surface area contributed by atoms with Crippen LogP contribution < -0.4 is 5.32 Å². The quantitative estimate of drug-likeness (QED) is 0.607. The van der Waals surface area contributed by atoms with E-state index in [9.17, 15) is 18.0 Å². The topological polar surface area (TPSA) is 32.3 Å². The van der Waals surface area contributed by atoms with E-state index in [1.165, 1.54) is 0 Å². The molecule has 1 unspecified atom stereocenters. The molecule has 1 amide bonds. The van der Waals surface area contributed by atoms with Crippen LogP contribution in [0.4, 0.5) is 13.2 Å². The fourth-order valence-corrected chi connectivity index (χ4v) is 1.30. The van der Waals surface area contributed by atoms with Gasteiger partial charge in [0.1, 0.15) is 0 Å². The standard InChI is InChI=1S/C7H11F3N2O/c1-5-4-12(3-2-11-5)6(13)7(8,9)10/h5,11H,2-4H2,1H3. The lowest BCUT2D eigenvalue weighted by Crippen LogP contribution is -2.54. The average Bonchev–Trinajstić information content (AvgIpc) is 2.01. The van der Waals surface area contributed by atoms with Gasteiger partial charge in [-0.2, -0.15) is 13.2 Å². The molecule has 1 saturated heterocycles. The van der Waals surface area contributed by atoms with E-state index in [4.69, 9.17) is 0 Å². The maximum atomic E-state index is 11.9. The maximum absolute atomic E-state index is 11.9. The molecule has 1 fully saturated rings. The molecule has 1 aliphatic heterocycles. The van der Waals surface area contributed by atoms with Crippen molar-refractivity contribution in [2.24, 2.45) is 0 Å². The maximum Gasteiger partial charge on any atom is 0.471 e. The SMILES string of the molecule is CC1CN(C(=O)C(F)(F)F)CCN1. The molecular formula is C7H11F3N2O.